The number of aliphatic hydroxyl groups is 8. The topological polar surface area (TPSA) is 391 Å². The zero-order valence-corrected chi connectivity index (χ0v) is 38.6. The molecule has 2 fully saturated rings. The molecule has 382 valence electrons. The SMILES string of the molecule is C#CC#CC#COc1ccc(C(=O)N[C@@H](C[C@@H](O)CO)C(=O)N[C@H](C(=O)N2C[C@H](O)C[C@H]2C(=O)N[C@H](C(=O)N[C@H](C(=O)N2C[C@H](C)[C@H](O)[C@H]2C(N)=O)C(C)O)[C@H](O)[C@@H](O)c2ccc(O)cc2)C(C)O)cc1. The third-order valence-electron chi connectivity index (χ3n) is 11.6. The largest absolute Gasteiger partial charge is 0.508 e. The van der Waals surface area contributed by atoms with E-state index in [1.54, 1.807) is 0 Å². The Kier molecular flexibility index (Phi) is 20.2. The molecule has 2 aliphatic rings. The van der Waals surface area contributed by atoms with Crippen LogP contribution in [-0.2, 0) is 28.8 Å². The maximum Gasteiger partial charge on any atom is 0.251 e. The van der Waals surface area contributed by atoms with E-state index in [2.05, 4.69) is 51.1 Å². The van der Waals surface area contributed by atoms with Crippen molar-refractivity contribution in [1.82, 2.24) is 31.1 Å². The molecule has 0 spiro atoms. The van der Waals surface area contributed by atoms with Gasteiger partial charge in [0.05, 0.1) is 37.1 Å². The van der Waals surface area contributed by atoms with Crippen LogP contribution in [0.5, 0.6) is 11.5 Å². The lowest BCUT2D eigenvalue weighted by Gasteiger charge is -2.34. The summed E-state index contributed by atoms with van der Waals surface area (Å²) in [4.78, 5) is 97.4. The Balaban J connectivity index is 1.60. The van der Waals surface area contributed by atoms with Crippen molar-refractivity contribution in [2.24, 2.45) is 11.7 Å². The number of rotatable bonds is 20. The van der Waals surface area contributed by atoms with Gasteiger partial charge in [0.2, 0.25) is 35.4 Å². The molecule has 24 heteroatoms. The molecule has 4 rings (SSSR count). The highest BCUT2D eigenvalue weighted by Gasteiger charge is 2.49. The summed E-state index contributed by atoms with van der Waals surface area (Å²) in [5, 5.41) is 104. The fourth-order valence-electron chi connectivity index (χ4n) is 7.79. The van der Waals surface area contributed by atoms with Crippen LogP contribution in [0.1, 0.15) is 55.6 Å². The van der Waals surface area contributed by atoms with Crippen molar-refractivity contribution >= 4 is 41.4 Å². The van der Waals surface area contributed by atoms with E-state index in [0.29, 0.717) is 0 Å². The number of nitrogens with one attached hydrogen (secondary N) is 4. The third kappa shape index (κ3) is 14.6. The lowest BCUT2D eigenvalue weighted by Crippen LogP contribution is -2.64. The van der Waals surface area contributed by atoms with Crippen molar-refractivity contribution in [2.75, 3.05) is 19.7 Å². The van der Waals surface area contributed by atoms with Gasteiger partial charge in [-0.25, -0.2) is 0 Å². The molecule has 2 aliphatic heterocycles. The minimum atomic E-state index is -2.30. The number of nitrogens with zero attached hydrogens (tertiary/aromatic N) is 2. The van der Waals surface area contributed by atoms with Gasteiger partial charge in [-0.05, 0) is 67.6 Å². The number of amides is 7. The Morgan fingerprint density at radius 3 is 1.94 bits per heavy atom. The summed E-state index contributed by atoms with van der Waals surface area (Å²) in [5.41, 5.74) is 5.36. The van der Waals surface area contributed by atoms with Crippen LogP contribution in [0, 0.1) is 42.1 Å². The number of terminal acetylenes is 1. The first-order valence-corrected chi connectivity index (χ1v) is 22.0. The number of aliphatic hydroxyl groups excluding tert-OH is 8. The average molecular weight is 992 g/mol. The molecule has 15 N–H and O–H groups in total. The van der Waals surface area contributed by atoms with E-state index in [4.69, 9.17) is 16.9 Å². The van der Waals surface area contributed by atoms with Crippen LogP contribution < -0.4 is 31.7 Å². The van der Waals surface area contributed by atoms with Crippen LogP contribution in [0.25, 0.3) is 0 Å². The van der Waals surface area contributed by atoms with Gasteiger partial charge in [0, 0.05) is 49.3 Å². The van der Waals surface area contributed by atoms with Crippen molar-refractivity contribution in [1.29, 1.82) is 0 Å². The van der Waals surface area contributed by atoms with Crippen LogP contribution in [0.2, 0.25) is 0 Å². The standard InChI is InChI=1S/C47H57N7O17/c1-5-6-7-8-17-71-31-15-11-27(12-16-31)42(65)49-32(18-30(60)22-55)43(66)50-34(24(3)56)46(69)53-21-29(59)19-33(53)44(67)52-36(40(63)39(62)26-9-13-28(58)14-10-26)45(68)51-35(25(4)57)47(70)54-20-23(2)38(61)37(54)41(48)64/h1,9-16,23-25,29-30,32-40,55-63H,18-22H2,2-4H3,(H2,48,64)(H,49,65)(H,50,66)(H,51,68)(H,52,67)/t23-,24?,25?,29+,30+,32-,33-,34-,35-,36-,37-,38-,39-,40-/m0/s1. The van der Waals surface area contributed by atoms with E-state index in [-0.39, 0.29) is 29.2 Å². The number of likely N-dealkylation sites (tertiary alicyclic amines) is 2. The number of ether oxygens (including phenoxy) is 1. The normalized spacial score (nSPS) is 22.1. The van der Waals surface area contributed by atoms with Crippen molar-refractivity contribution in [2.45, 2.75) is 113 Å². The van der Waals surface area contributed by atoms with E-state index < -0.39 is 152 Å². The van der Waals surface area contributed by atoms with Crippen LogP contribution >= 0.6 is 0 Å². The Hall–Kier alpha value is -7.31. The number of benzene rings is 2. The monoisotopic (exact) mass is 991 g/mol. The van der Waals surface area contributed by atoms with Gasteiger partial charge < -0.3 is 87.5 Å². The number of phenolic OH excluding ortho intramolecular Hbond substituents is 1. The van der Waals surface area contributed by atoms with Crippen LogP contribution in [0.15, 0.2) is 48.5 Å². The number of carbonyl (C=O) groups is 7. The van der Waals surface area contributed by atoms with Crippen LogP contribution in [0.4, 0.5) is 0 Å². The Labute approximate surface area is 407 Å². The van der Waals surface area contributed by atoms with Crippen LogP contribution in [-0.4, -0.2) is 190 Å². The number of hydrogen-bond donors (Lipinski definition) is 14. The van der Waals surface area contributed by atoms with Gasteiger partial charge in [0.25, 0.3) is 5.91 Å². The van der Waals surface area contributed by atoms with E-state index in [1.165, 1.54) is 43.3 Å². The molecule has 2 aromatic carbocycles. The molecule has 0 aliphatic carbocycles. The number of phenols is 1. The Morgan fingerprint density at radius 2 is 1.38 bits per heavy atom. The van der Waals surface area contributed by atoms with Gasteiger partial charge >= 0.3 is 0 Å². The van der Waals surface area contributed by atoms with Gasteiger partial charge in [-0.3, -0.25) is 33.6 Å². The molecule has 2 saturated heterocycles. The zero-order chi connectivity index (χ0) is 52.9. The lowest BCUT2D eigenvalue weighted by atomic mass is 9.96. The summed E-state index contributed by atoms with van der Waals surface area (Å²) >= 11 is 0. The second-order valence-corrected chi connectivity index (χ2v) is 17.0. The minimum Gasteiger partial charge on any atom is -0.508 e. The van der Waals surface area contributed by atoms with Gasteiger partial charge in [-0.15, -0.1) is 6.42 Å². The molecule has 0 saturated carbocycles. The molecular formula is C47H57N7O17. The Bertz CT molecular complexity index is 2420. The summed E-state index contributed by atoms with van der Waals surface area (Å²) in [5.74, 6) is 0.275. The van der Waals surface area contributed by atoms with Gasteiger partial charge in [0.1, 0.15) is 66.1 Å². The number of β-amino-alcohol motifs (C(OH)–C–C–N with tert-alkyl or cyclic N) is 1. The van der Waals surface area contributed by atoms with E-state index in [1.807, 2.05) is 0 Å². The maximum absolute atomic E-state index is 14.2. The fraction of sp³-hybridized carbons (Fsp3) is 0.468. The molecule has 71 heavy (non-hydrogen) atoms. The Morgan fingerprint density at radius 1 is 0.789 bits per heavy atom. The number of aromatic hydroxyl groups is 1. The number of nitrogens with two attached hydrogens (primary N) is 1. The van der Waals surface area contributed by atoms with Crippen molar-refractivity contribution in [3.8, 4) is 47.7 Å². The smallest absolute Gasteiger partial charge is 0.251 e. The van der Waals surface area contributed by atoms with E-state index in [9.17, 15) is 79.5 Å². The first-order chi connectivity index (χ1) is 33.5. The quantitative estimate of drug-likeness (QED) is 0.0550. The molecule has 14 atom stereocenters. The van der Waals surface area contributed by atoms with Crippen molar-refractivity contribution in [3.05, 3.63) is 59.7 Å². The molecule has 0 aromatic heterocycles. The molecule has 2 heterocycles. The first kappa shape index (κ1) is 56.3. The second kappa shape index (κ2) is 25.5. The highest BCUT2D eigenvalue weighted by Crippen LogP contribution is 2.27. The summed E-state index contributed by atoms with van der Waals surface area (Å²) < 4.78 is 5.19. The zero-order valence-electron chi connectivity index (χ0n) is 38.6. The highest BCUT2D eigenvalue weighted by atomic mass is 16.5. The van der Waals surface area contributed by atoms with Gasteiger partial charge in [-0.1, -0.05) is 19.1 Å². The molecule has 24 nitrogen and oxygen atoms in total. The van der Waals surface area contributed by atoms with Gasteiger partial charge in [-0.2, -0.15) is 0 Å². The predicted molar refractivity (Wildman–Crippen MR) is 245 cm³/mol. The highest BCUT2D eigenvalue weighted by molar-refractivity contribution is 6.00. The van der Waals surface area contributed by atoms with Crippen LogP contribution in [0.3, 0.4) is 0 Å². The molecule has 0 radical (unpaired) electrons. The summed E-state index contributed by atoms with van der Waals surface area (Å²) in [7, 11) is 0. The van der Waals surface area contributed by atoms with Crippen molar-refractivity contribution in [3.63, 3.8) is 0 Å². The summed E-state index contributed by atoms with van der Waals surface area (Å²) in [6.07, 6.45) is -6.03. The lowest BCUT2D eigenvalue weighted by molar-refractivity contribution is -0.147. The summed E-state index contributed by atoms with van der Waals surface area (Å²) in [6.45, 7) is 2.01. The maximum atomic E-state index is 14.2. The van der Waals surface area contributed by atoms with Crippen molar-refractivity contribution < 1.29 is 84.3 Å². The van der Waals surface area contributed by atoms with Gasteiger partial charge in [0.15, 0.2) is 0 Å². The van der Waals surface area contributed by atoms with E-state index >= 15 is 0 Å². The molecular weight excluding hydrogens is 935 g/mol. The predicted octanol–water partition coefficient (Wildman–Crippen LogP) is -5.82. The number of hydrogen-bond acceptors (Lipinski definition) is 17. The summed E-state index contributed by atoms with van der Waals surface area (Å²) in [6, 6.07) is -1.10. The minimum absolute atomic E-state index is 0.0183. The third-order valence-corrected chi connectivity index (χ3v) is 11.6. The average Bonchev–Trinajstić information content (AvgIpc) is 3.88. The second-order valence-electron chi connectivity index (χ2n) is 17.0. The molecule has 0 bridgehead atoms. The van der Waals surface area contributed by atoms with E-state index in [0.717, 1.165) is 35.8 Å². The first-order valence-electron chi connectivity index (χ1n) is 22.0. The molecule has 7 amide bonds. The molecule has 2 aromatic rings. The number of primary amides is 1. The molecule has 2 unspecified atom stereocenters. The fourth-order valence-corrected chi connectivity index (χ4v) is 7.79. The number of carbonyl (C=O) groups excluding carboxylic acids is 7.